The molecule has 49 heavy (non-hydrogen) atoms. The maximum Gasteiger partial charge on any atom is 0.333 e. The van der Waals surface area contributed by atoms with E-state index in [1.165, 1.54) is 0 Å². The average Bonchev–Trinajstić information content (AvgIpc) is 3.59. The molecule has 0 aromatic carbocycles. The summed E-state index contributed by atoms with van der Waals surface area (Å²) in [6.07, 6.45) is -21.9. The van der Waals surface area contributed by atoms with Gasteiger partial charge in [-0.15, -0.1) is 5.06 Å². The Labute approximate surface area is 277 Å². The molecule has 21 nitrogen and oxygen atoms in total. The number of aliphatic hydroxyl groups is 11. The lowest BCUT2D eigenvalue weighted by Gasteiger charge is -2.55. The van der Waals surface area contributed by atoms with Gasteiger partial charge in [0.25, 0.3) is 11.8 Å². The molecule has 5 fully saturated rings. The normalized spacial score (nSPS) is 44.9. The molecule has 5 rings (SSSR count). The van der Waals surface area contributed by atoms with Gasteiger partial charge in [-0.25, -0.2) is 4.79 Å². The lowest BCUT2D eigenvalue weighted by atomic mass is 9.90. The van der Waals surface area contributed by atoms with Crippen molar-refractivity contribution in [2.24, 2.45) is 23.7 Å². The smallest absolute Gasteiger partial charge is 0.333 e. The van der Waals surface area contributed by atoms with Crippen LogP contribution in [-0.4, -0.2) is 185 Å². The predicted molar refractivity (Wildman–Crippen MR) is 148 cm³/mol. The number of amides is 2. The Morgan fingerprint density at radius 2 is 1.47 bits per heavy atom. The molecule has 3 heterocycles. The van der Waals surface area contributed by atoms with Crippen molar-refractivity contribution in [3.63, 3.8) is 0 Å². The second-order valence-electron chi connectivity index (χ2n) is 12.8. The Hall–Kier alpha value is -2.03. The fourth-order valence-corrected chi connectivity index (χ4v) is 6.96. The van der Waals surface area contributed by atoms with Crippen molar-refractivity contribution < 1.29 is 99.1 Å². The summed E-state index contributed by atoms with van der Waals surface area (Å²) < 4.78 is 27.7. The van der Waals surface area contributed by atoms with E-state index in [1.807, 2.05) is 0 Å². The molecule has 0 bridgehead atoms. The van der Waals surface area contributed by atoms with Crippen molar-refractivity contribution in [3.05, 3.63) is 0 Å². The van der Waals surface area contributed by atoms with E-state index < -0.39 is 134 Å². The Kier molecular flexibility index (Phi) is 11.9. The van der Waals surface area contributed by atoms with E-state index in [4.69, 9.17) is 28.5 Å². The third-order valence-electron chi connectivity index (χ3n) is 9.91. The number of carbonyl (C=O) groups is 3. The maximum atomic E-state index is 12.1. The first-order valence-electron chi connectivity index (χ1n) is 15.8. The molecule has 5 aliphatic rings. The summed E-state index contributed by atoms with van der Waals surface area (Å²) in [6, 6.07) is 0. The number of hydrogen-bond donors (Lipinski definition) is 11. The lowest BCUT2D eigenvalue weighted by molar-refractivity contribution is -0.467. The second-order valence-corrected chi connectivity index (χ2v) is 12.8. The highest BCUT2D eigenvalue weighted by molar-refractivity contribution is 6.01. The molecule has 0 spiro atoms. The molecule has 11 unspecified atom stereocenters. The maximum absolute atomic E-state index is 12.1. The Morgan fingerprint density at radius 3 is 2.04 bits per heavy atom. The van der Waals surface area contributed by atoms with Crippen LogP contribution in [0.3, 0.4) is 0 Å². The first-order valence-corrected chi connectivity index (χ1v) is 15.8. The number of aliphatic hydroxyl groups excluding tert-OH is 10. The number of hydroxylamine groups is 2. The van der Waals surface area contributed by atoms with Gasteiger partial charge in [-0.3, -0.25) is 9.59 Å². The van der Waals surface area contributed by atoms with Gasteiger partial charge in [0.15, 0.2) is 18.9 Å². The van der Waals surface area contributed by atoms with E-state index in [2.05, 4.69) is 0 Å². The van der Waals surface area contributed by atoms with Crippen molar-refractivity contribution in [1.82, 2.24) is 5.06 Å². The Bertz CT molecular complexity index is 1180. The van der Waals surface area contributed by atoms with Gasteiger partial charge < -0.3 is 84.7 Å². The minimum absolute atomic E-state index is 0.0926. The first kappa shape index (κ1) is 38.2. The standard InChI is InChI=1S/C28H43NO20/c30-6-9-17(35)15(20(38)18(9)36)26(42)47-23-24(40)28(43)11(8-45-28)46-27(23)48-22-10(7-31)19(37)21(39)16(22)25(41)44-5-1-2-14(34)49-29-12(32)3-4-13(29)33/h9-11,15-27,30-31,35-43H,1-8H2/t9?,10?,11?,15?,16?,17?,18-,19-,20?,21?,22?,23?,24?,25-,26+,27-,28+/m1/s1. The van der Waals surface area contributed by atoms with Crippen LogP contribution in [0.5, 0.6) is 0 Å². The number of ether oxygens (including phenoxy) is 5. The van der Waals surface area contributed by atoms with Crippen LogP contribution in [-0.2, 0) is 42.9 Å². The van der Waals surface area contributed by atoms with Gasteiger partial charge in [0.2, 0.25) is 5.79 Å². The van der Waals surface area contributed by atoms with Crippen LogP contribution in [0, 0.1) is 23.7 Å². The van der Waals surface area contributed by atoms with Crippen LogP contribution in [0.15, 0.2) is 0 Å². The fourth-order valence-electron chi connectivity index (χ4n) is 6.96. The average molecular weight is 714 g/mol. The molecule has 2 aliphatic carbocycles. The molecule has 2 saturated carbocycles. The van der Waals surface area contributed by atoms with Crippen molar-refractivity contribution in [2.45, 2.75) is 105 Å². The zero-order valence-electron chi connectivity index (χ0n) is 25.9. The van der Waals surface area contributed by atoms with Gasteiger partial charge in [-0.1, -0.05) is 0 Å². The largest absolute Gasteiger partial charge is 0.396 e. The van der Waals surface area contributed by atoms with Crippen molar-refractivity contribution in [2.75, 3.05) is 26.4 Å². The van der Waals surface area contributed by atoms with Gasteiger partial charge in [0.05, 0.1) is 81.3 Å². The predicted octanol–water partition coefficient (Wildman–Crippen LogP) is -7.12. The molecule has 280 valence electrons. The highest BCUT2D eigenvalue weighted by atomic mass is 16.8. The van der Waals surface area contributed by atoms with E-state index in [1.54, 1.807) is 0 Å². The van der Waals surface area contributed by atoms with Crippen LogP contribution < -0.4 is 0 Å². The third-order valence-corrected chi connectivity index (χ3v) is 9.91. The molecule has 21 heteroatoms. The van der Waals surface area contributed by atoms with Crippen LogP contribution >= 0.6 is 0 Å². The quantitative estimate of drug-likeness (QED) is 0.0452. The molecule has 2 amide bonds. The molecule has 0 aromatic rings. The SMILES string of the molecule is O=C(CCCO[C@@H](O)C1C(O[C@H]2OC3CO[C@]3(O)C(O)C2O[C@H](O)C2C(O)C(CO)[C@@H](O)C2O)C(CO)[C@@H](O)C1O)ON1C(=O)CCC1=O. The Balaban J connectivity index is 1.26. The van der Waals surface area contributed by atoms with Crippen LogP contribution in [0.25, 0.3) is 0 Å². The summed E-state index contributed by atoms with van der Waals surface area (Å²) >= 11 is 0. The van der Waals surface area contributed by atoms with E-state index >= 15 is 0 Å². The number of imide groups is 1. The summed E-state index contributed by atoms with van der Waals surface area (Å²) in [4.78, 5) is 40.1. The van der Waals surface area contributed by atoms with Crippen LogP contribution in [0.1, 0.15) is 25.7 Å². The van der Waals surface area contributed by atoms with Gasteiger partial charge in [0.1, 0.15) is 18.3 Å². The van der Waals surface area contributed by atoms with Gasteiger partial charge in [0, 0.05) is 24.7 Å². The number of fused-ring (bicyclic) bond motifs is 1. The summed E-state index contributed by atoms with van der Waals surface area (Å²) in [7, 11) is 0. The topological polar surface area (TPSA) is 332 Å². The van der Waals surface area contributed by atoms with Crippen LogP contribution in [0.2, 0.25) is 0 Å². The minimum atomic E-state index is -2.37. The first-order chi connectivity index (χ1) is 23.2. The van der Waals surface area contributed by atoms with E-state index in [0.717, 1.165) is 0 Å². The van der Waals surface area contributed by atoms with Crippen LogP contribution in [0.4, 0.5) is 0 Å². The molecule has 17 atom stereocenters. The third kappa shape index (κ3) is 7.09. The zero-order valence-corrected chi connectivity index (χ0v) is 25.9. The minimum Gasteiger partial charge on any atom is -0.396 e. The second kappa shape index (κ2) is 15.3. The highest BCUT2D eigenvalue weighted by Gasteiger charge is 2.65. The monoisotopic (exact) mass is 713 g/mol. The molecule has 0 aromatic heterocycles. The van der Waals surface area contributed by atoms with E-state index in [9.17, 15) is 70.6 Å². The lowest BCUT2D eigenvalue weighted by Crippen LogP contribution is -2.75. The van der Waals surface area contributed by atoms with E-state index in [0.29, 0.717) is 5.06 Å². The molecule has 11 N–H and O–H groups in total. The fraction of sp³-hybridized carbons (Fsp3) is 0.893. The van der Waals surface area contributed by atoms with Crippen molar-refractivity contribution in [3.8, 4) is 0 Å². The number of rotatable bonds is 14. The summed E-state index contributed by atoms with van der Waals surface area (Å²) in [5.74, 6) is -10.4. The van der Waals surface area contributed by atoms with Gasteiger partial charge in [-0.05, 0) is 6.42 Å². The molecular weight excluding hydrogens is 670 g/mol. The Morgan fingerprint density at radius 1 is 0.857 bits per heavy atom. The number of carbonyl (C=O) groups excluding carboxylic acids is 3. The summed E-state index contributed by atoms with van der Waals surface area (Å²) in [5.41, 5.74) is 0. The molecule has 3 aliphatic heterocycles. The molecule has 3 saturated heterocycles. The number of nitrogens with zero attached hydrogens (tertiary/aromatic N) is 1. The molecular formula is C28H43NO20. The van der Waals surface area contributed by atoms with Crippen molar-refractivity contribution in [1.29, 1.82) is 0 Å². The van der Waals surface area contributed by atoms with Gasteiger partial charge in [-0.2, -0.15) is 0 Å². The summed E-state index contributed by atoms with van der Waals surface area (Å²) in [6.45, 7) is -2.16. The van der Waals surface area contributed by atoms with Gasteiger partial charge >= 0.3 is 5.97 Å². The number of hydrogen-bond acceptors (Lipinski definition) is 20. The highest BCUT2D eigenvalue weighted by Crippen LogP contribution is 2.44. The molecule has 0 radical (unpaired) electrons. The summed E-state index contributed by atoms with van der Waals surface area (Å²) in [5, 5.41) is 116. The zero-order chi connectivity index (χ0) is 35.9. The van der Waals surface area contributed by atoms with Crippen molar-refractivity contribution >= 4 is 17.8 Å². The van der Waals surface area contributed by atoms with E-state index in [-0.39, 0.29) is 38.9 Å².